The number of halogens is 3. The molecule has 0 radical (unpaired) electrons. The van der Waals surface area contributed by atoms with Gasteiger partial charge < -0.3 is 10.2 Å². The predicted molar refractivity (Wildman–Crippen MR) is 89.9 cm³/mol. The Hall–Kier alpha value is -2.45. The summed E-state index contributed by atoms with van der Waals surface area (Å²) >= 11 is 0. The first-order valence-corrected chi connectivity index (χ1v) is 8.73. The summed E-state index contributed by atoms with van der Waals surface area (Å²) in [6.07, 6.45) is 1.10. The van der Waals surface area contributed by atoms with Crippen LogP contribution in [0.25, 0.3) is 0 Å². The van der Waals surface area contributed by atoms with Gasteiger partial charge in [0.05, 0.1) is 5.69 Å². The number of nitrogens with one attached hydrogen (secondary N) is 1. The summed E-state index contributed by atoms with van der Waals surface area (Å²) in [6, 6.07) is 2.99. The third-order valence-corrected chi connectivity index (χ3v) is 4.83. The molecular formula is C17H19F3N6. The van der Waals surface area contributed by atoms with Crippen LogP contribution in [0.5, 0.6) is 0 Å². The summed E-state index contributed by atoms with van der Waals surface area (Å²) < 4.78 is 38.0. The fourth-order valence-electron chi connectivity index (χ4n) is 3.36. The minimum absolute atomic E-state index is 0.00634. The largest absolute Gasteiger partial charge is 0.433 e. The average Bonchev–Trinajstić information content (AvgIpc) is 2.60. The number of alkyl halides is 3. The fourth-order valence-corrected chi connectivity index (χ4v) is 3.36. The van der Waals surface area contributed by atoms with E-state index in [4.69, 9.17) is 0 Å². The third-order valence-electron chi connectivity index (χ3n) is 4.83. The van der Waals surface area contributed by atoms with E-state index in [0.717, 1.165) is 49.7 Å². The van der Waals surface area contributed by atoms with Gasteiger partial charge in [0, 0.05) is 31.7 Å². The van der Waals surface area contributed by atoms with Crippen molar-refractivity contribution in [3.05, 3.63) is 35.3 Å². The molecule has 1 N–H and O–H groups in total. The van der Waals surface area contributed by atoms with E-state index >= 15 is 0 Å². The normalized spacial score (nSPS) is 17.6. The van der Waals surface area contributed by atoms with Gasteiger partial charge in [-0.3, -0.25) is 0 Å². The number of nitrogens with zero attached hydrogens (tertiary/aromatic N) is 5. The smallest absolute Gasteiger partial charge is 0.354 e. The van der Waals surface area contributed by atoms with Gasteiger partial charge in [-0.05, 0) is 43.4 Å². The van der Waals surface area contributed by atoms with E-state index in [9.17, 15) is 13.2 Å². The van der Waals surface area contributed by atoms with Gasteiger partial charge in [-0.15, -0.1) is 5.10 Å². The van der Waals surface area contributed by atoms with Crippen molar-refractivity contribution in [2.45, 2.75) is 31.9 Å². The maximum atomic E-state index is 12.7. The van der Waals surface area contributed by atoms with Crippen molar-refractivity contribution in [2.24, 2.45) is 5.92 Å². The Bertz CT molecular complexity index is 788. The Morgan fingerprint density at radius 2 is 1.96 bits per heavy atom. The lowest BCUT2D eigenvalue weighted by atomic mass is 9.95. The molecule has 4 rings (SSSR count). The van der Waals surface area contributed by atoms with Gasteiger partial charge in [0.2, 0.25) is 5.95 Å². The van der Waals surface area contributed by atoms with Crippen LogP contribution in [0.15, 0.2) is 18.3 Å². The summed E-state index contributed by atoms with van der Waals surface area (Å²) in [5.41, 5.74) is 1.47. The van der Waals surface area contributed by atoms with Crippen LogP contribution in [0, 0.1) is 5.92 Å². The first kappa shape index (κ1) is 17.0. The Labute approximate surface area is 148 Å². The molecule has 1 aliphatic heterocycles. The monoisotopic (exact) mass is 364 g/mol. The van der Waals surface area contributed by atoms with Crippen LogP contribution in [0.2, 0.25) is 0 Å². The van der Waals surface area contributed by atoms with Crippen molar-refractivity contribution < 1.29 is 13.2 Å². The minimum atomic E-state index is -4.46. The number of anilines is 2. The molecule has 2 aromatic rings. The van der Waals surface area contributed by atoms with Gasteiger partial charge in [-0.25, -0.2) is 9.97 Å². The summed E-state index contributed by atoms with van der Waals surface area (Å²) in [5, 5.41) is 11.5. The zero-order chi connectivity index (χ0) is 18.1. The van der Waals surface area contributed by atoms with E-state index in [0.29, 0.717) is 12.5 Å². The van der Waals surface area contributed by atoms with E-state index in [1.54, 1.807) is 0 Å². The van der Waals surface area contributed by atoms with E-state index in [1.807, 2.05) is 0 Å². The van der Waals surface area contributed by atoms with Crippen molar-refractivity contribution in [1.82, 2.24) is 20.2 Å². The molecule has 1 aliphatic carbocycles. The number of hydrogen-bond donors (Lipinski definition) is 1. The molecule has 2 aliphatic rings. The van der Waals surface area contributed by atoms with Crippen molar-refractivity contribution in [3.63, 3.8) is 0 Å². The van der Waals surface area contributed by atoms with E-state index in [-0.39, 0.29) is 5.95 Å². The summed E-state index contributed by atoms with van der Waals surface area (Å²) in [7, 11) is 0. The molecule has 0 amide bonds. The summed E-state index contributed by atoms with van der Waals surface area (Å²) in [6.45, 7) is 2.11. The number of hydrogen-bond acceptors (Lipinski definition) is 6. The van der Waals surface area contributed by atoms with Crippen molar-refractivity contribution >= 4 is 11.8 Å². The molecular weight excluding hydrogens is 345 g/mol. The lowest BCUT2D eigenvalue weighted by Gasteiger charge is -2.40. The molecule has 3 heterocycles. The molecule has 26 heavy (non-hydrogen) atoms. The van der Waals surface area contributed by atoms with E-state index in [1.165, 1.54) is 18.4 Å². The van der Waals surface area contributed by atoms with Crippen LogP contribution in [-0.4, -0.2) is 39.8 Å². The Balaban J connectivity index is 1.31. The second kappa shape index (κ2) is 6.69. The van der Waals surface area contributed by atoms with Crippen LogP contribution >= 0.6 is 0 Å². The maximum absolute atomic E-state index is 12.7. The van der Waals surface area contributed by atoms with Gasteiger partial charge >= 0.3 is 6.18 Å². The summed E-state index contributed by atoms with van der Waals surface area (Å²) in [4.78, 5) is 9.51. The molecule has 0 atom stereocenters. The molecule has 0 unspecified atom stereocenters. The first-order valence-electron chi connectivity index (χ1n) is 8.73. The fraction of sp³-hybridized carbons (Fsp3) is 0.529. The molecule has 0 saturated carbocycles. The number of aromatic nitrogens is 4. The minimum Gasteiger partial charge on any atom is -0.354 e. The third kappa shape index (κ3) is 3.56. The molecule has 1 fully saturated rings. The van der Waals surface area contributed by atoms with Crippen LogP contribution < -0.4 is 10.2 Å². The highest BCUT2D eigenvalue weighted by molar-refractivity contribution is 5.45. The highest BCUT2D eigenvalue weighted by Gasteiger charge is 2.33. The molecule has 2 aromatic heterocycles. The summed E-state index contributed by atoms with van der Waals surface area (Å²) in [5.74, 6) is 1.20. The molecule has 6 nitrogen and oxygen atoms in total. The van der Waals surface area contributed by atoms with Crippen molar-refractivity contribution in [3.8, 4) is 0 Å². The molecule has 1 saturated heterocycles. The van der Waals surface area contributed by atoms with Crippen molar-refractivity contribution in [1.29, 1.82) is 0 Å². The molecule has 0 aromatic carbocycles. The zero-order valence-electron chi connectivity index (χ0n) is 14.1. The van der Waals surface area contributed by atoms with Crippen LogP contribution in [0.4, 0.5) is 24.9 Å². The Kier molecular flexibility index (Phi) is 4.37. The SMILES string of the molecule is FC(F)(F)c1ccnc(NCC2CN(c3cc4c(nn3)CCCC4)C2)n1. The standard InChI is InChI=1S/C17H19F3N6/c18-17(19,20)14-5-6-21-16(23-14)22-8-11-9-26(10-11)15-7-12-3-1-2-4-13(12)24-25-15/h5-7,11H,1-4,8-10H2,(H,21,22,23). The highest BCUT2D eigenvalue weighted by atomic mass is 19.4. The topological polar surface area (TPSA) is 66.8 Å². The second-order valence-electron chi connectivity index (χ2n) is 6.80. The van der Waals surface area contributed by atoms with Crippen molar-refractivity contribution in [2.75, 3.05) is 29.9 Å². The van der Waals surface area contributed by atoms with E-state index in [2.05, 4.69) is 36.4 Å². The first-order chi connectivity index (χ1) is 12.5. The van der Waals surface area contributed by atoms with Gasteiger partial charge in [0.25, 0.3) is 0 Å². The van der Waals surface area contributed by atoms with Crippen LogP contribution in [0.3, 0.4) is 0 Å². The number of aryl methyl sites for hydroxylation is 2. The zero-order valence-corrected chi connectivity index (χ0v) is 14.1. The molecule has 9 heteroatoms. The quantitative estimate of drug-likeness (QED) is 0.900. The average molecular weight is 364 g/mol. The Morgan fingerprint density at radius 3 is 2.77 bits per heavy atom. The lowest BCUT2D eigenvalue weighted by Crippen LogP contribution is -2.50. The van der Waals surface area contributed by atoms with Crippen LogP contribution in [-0.2, 0) is 19.0 Å². The highest BCUT2D eigenvalue weighted by Crippen LogP contribution is 2.28. The number of fused-ring (bicyclic) bond motifs is 1. The molecule has 138 valence electrons. The second-order valence-corrected chi connectivity index (χ2v) is 6.80. The van der Waals surface area contributed by atoms with Gasteiger partial charge in [0.1, 0.15) is 5.69 Å². The van der Waals surface area contributed by atoms with Gasteiger partial charge in [0.15, 0.2) is 5.82 Å². The van der Waals surface area contributed by atoms with Gasteiger partial charge in [-0.1, -0.05) is 0 Å². The van der Waals surface area contributed by atoms with E-state index < -0.39 is 11.9 Å². The molecule has 0 spiro atoms. The lowest BCUT2D eigenvalue weighted by molar-refractivity contribution is -0.141. The predicted octanol–water partition coefficient (Wildman–Crippen LogP) is 2.71. The van der Waals surface area contributed by atoms with Crippen LogP contribution in [0.1, 0.15) is 29.8 Å². The molecule has 0 bridgehead atoms. The number of rotatable bonds is 4. The Morgan fingerprint density at radius 1 is 1.15 bits per heavy atom. The maximum Gasteiger partial charge on any atom is 0.433 e. The van der Waals surface area contributed by atoms with Gasteiger partial charge in [-0.2, -0.15) is 18.3 Å².